The van der Waals surface area contributed by atoms with Crippen LogP contribution in [0.2, 0.25) is 0 Å². The van der Waals surface area contributed by atoms with Crippen molar-refractivity contribution in [2.24, 2.45) is 0 Å². The Morgan fingerprint density at radius 1 is 1.25 bits per heavy atom. The van der Waals surface area contributed by atoms with Crippen molar-refractivity contribution >= 4 is 27.3 Å². The first-order valence-corrected chi connectivity index (χ1v) is 8.47. The van der Waals surface area contributed by atoms with Crippen LogP contribution in [0.15, 0.2) is 34.1 Å². The molecule has 0 fully saturated rings. The molecular formula is C16H21BrN2S. The zero-order chi connectivity index (χ0) is 14.8. The molecule has 20 heavy (non-hydrogen) atoms. The van der Waals surface area contributed by atoms with E-state index in [0.29, 0.717) is 6.04 Å². The van der Waals surface area contributed by atoms with Gasteiger partial charge in [-0.15, -0.1) is 11.3 Å². The Morgan fingerprint density at radius 3 is 2.45 bits per heavy atom. The minimum absolute atomic E-state index is 0.131. The van der Waals surface area contributed by atoms with Crippen LogP contribution in [0.3, 0.4) is 0 Å². The second-order valence-electron chi connectivity index (χ2n) is 6.03. The molecule has 2 aromatic rings. The monoisotopic (exact) mass is 352 g/mol. The van der Waals surface area contributed by atoms with Crippen LogP contribution in [-0.4, -0.2) is 4.98 Å². The lowest BCUT2D eigenvalue weighted by Gasteiger charge is -2.15. The summed E-state index contributed by atoms with van der Waals surface area (Å²) in [5.41, 5.74) is 2.60. The molecule has 2 nitrogen and oxygen atoms in total. The Balaban J connectivity index is 1.95. The lowest BCUT2D eigenvalue weighted by Crippen LogP contribution is -2.18. The third-order valence-corrected chi connectivity index (χ3v) is 4.63. The van der Waals surface area contributed by atoms with Gasteiger partial charge in [0.25, 0.3) is 0 Å². The van der Waals surface area contributed by atoms with E-state index in [1.165, 1.54) is 11.3 Å². The SMILES string of the molecule is C[C@@H](NCc1nc(C(C)(C)C)cs1)c1ccc(Br)cc1. The molecule has 0 unspecified atom stereocenters. The first kappa shape index (κ1) is 15.7. The largest absolute Gasteiger partial charge is 0.304 e. The standard InChI is InChI=1S/C16H21BrN2S/c1-11(12-5-7-13(17)8-6-12)18-9-15-19-14(10-20-15)16(2,3)4/h5-8,10-11,18H,9H2,1-4H3/t11-/m1/s1. The van der Waals surface area contributed by atoms with Crippen molar-refractivity contribution in [1.82, 2.24) is 10.3 Å². The number of nitrogens with one attached hydrogen (secondary N) is 1. The predicted molar refractivity (Wildman–Crippen MR) is 90.2 cm³/mol. The Hall–Kier alpha value is -0.710. The summed E-state index contributed by atoms with van der Waals surface area (Å²) in [6.45, 7) is 9.59. The molecule has 0 aliphatic rings. The maximum absolute atomic E-state index is 4.71. The second kappa shape index (κ2) is 6.37. The second-order valence-corrected chi connectivity index (χ2v) is 7.89. The van der Waals surface area contributed by atoms with Gasteiger partial charge in [0.05, 0.1) is 5.69 Å². The maximum atomic E-state index is 4.71. The van der Waals surface area contributed by atoms with Crippen LogP contribution in [0.5, 0.6) is 0 Å². The van der Waals surface area contributed by atoms with Gasteiger partial charge in [-0.3, -0.25) is 0 Å². The van der Waals surface area contributed by atoms with E-state index in [1.807, 2.05) is 0 Å². The lowest BCUT2D eigenvalue weighted by atomic mass is 9.93. The zero-order valence-electron chi connectivity index (χ0n) is 12.4. The van der Waals surface area contributed by atoms with Gasteiger partial charge in [0.1, 0.15) is 5.01 Å². The average molecular weight is 353 g/mol. The first-order chi connectivity index (χ1) is 9.36. The number of thiazole rings is 1. The Bertz CT molecular complexity index is 555. The third-order valence-electron chi connectivity index (χ3n) is 3.25. The van der Waals surface area contributed by atoms with Crippen LogP contribution in [0, 0.1) is 0 Å². The molecule has 0 bridgehead atoms. The number of benzene rings is 1. The molecule has 108 valence electrons. The van der Waals surface area contributed by atoms with E-state index in [9.17, 15) is 0 Å². The minimum atomic E-state index is 0.131. The van der Waals surface area contributed by atoms with Crippen LogP contribution < -0.4 is 5.32 Å². The van der Waals surface area contributed by atoms with Gasteiger partial charge in [0, 0.05) is 27.9 Å². The molecule has 2 rings (SSSR count). The summed E-state index contributed by atoms with van der Waals surface area (Å²) < 4.78 is 1.11. The van der Waals surface area contributed by atoms with Gasteiger partial charge in [-0.05, 0) is 24.6 Å². The number of rotatable bonds is 4. The summed E-state index contributed by atoms with van der Waals surface area (Å²) in [4.78, 5) is 4.71. The van der Waals surface area contributed by atoms with E-state index in [0.717, 1.165) is 16.0 Å². The summed E-state index contributed by atoms with van der Waals surface area (Å²) >= 11 is 5.20. The molecular weight excluding hydrogens is 332 g/mol. The highest BCUT2D eigenvalue weighted by Gasteiger charge is 2.17. The van der Waals surface area contributed by atoms with Crippen LogP contribution in [0.25, 0.3) is 0 Å². The van der Waals surface area contributed by atoms with Crippen molar-refractivity contribution in [3.8, 4) is 0 Å². The lowest BCUT2D eigenvalue weighted by molar-refractivity contribution is 0.554. The maximum Gasteiger partial charge on any atom is 0.107 e. The van der Waals surface area contributed by atoms with Gasteiger partial charge in [0.15, 0.2) is 0 Å². The molecule has 1 atom stereocenters. The number of hydrogen-bond acceptors (Lipinski definition) is 3. The van der Waals surface area contributed by atoms with Crippen molar-refractivity contribution in [3.63, 3.8) is 0 Å². The Labute approximate surface area is 133 Å². The number of halogens is 1. The minimum Gasteiger partial charge on any atom is -0.304 e. The number of aromatic nitrogens is 1. The van der Waals surface area contributed by atoms with Gasteiger partial charge >= 0.3 is 0 Å². The van der Waals surface area contributed by atoms with Crippen molar-refractivity contribution in [2.75, 3.05) is 0 Å². The van der Waals surface area contributed by atoms with Crippen molar-refractivity contribution in [2.45, 2.75) is 45.7 Å². The highest BCUT2D eigenvalue weighted by molar-refractivity contribution is 9.10. The average Bonchev–Trinajstić information content (AvgIpc) is 2.85. The van der Waals surface area contributed by atoms with Crippen LogP contribution in [0.1, 0.15) is 50.0 Å². The summed E-state index contributed by atoms with van der Waals surface area (Å²) in [5, 5.41) is 6.85. The van der Waals surface area contributed by atoms with Crippen molar-refractivity contribution < 1.29 is 0 Å². The molecule has 4 heteroatoms. The molecule has 1 heterocycles. The fourth-order valence-electron chi connectivity index (χ4n) is 1.85. The molecule has 1 aromatic carbocycles. The molecule has 1 aromatic heterocycles. The van der Waals surface area contributed by atoms with E-state index in [-0.39, 0.29) is 5.41 Å². The molecule has 1 N–H and O–H groups in total. The molecule has 0 radical (unpaired) electrons. The highest BCUT2D eigenvalue weighted by atomic mass is 79.9. The quantitative estimate of drug-likeness (QED) is 0.832. The Kier molecular flexibility index (Phi) is 4.99. The fraction of sp³-hybridized carbons (Fsp3) is 0.438. The molecule has 0 amide bonds. The van der Waals surface area contributed by atoms with Gasteiger partial charge in [-0.2, -0.15) is 0 Å². The van der Waals surface area contributed by atoms with E-state index < -0.39 is 0 Å². The number of nitrogens with zero attached hydrogens (tertiary/aromatic N) is 1. The summed E-state index contributed by atoms with van der Waals surface area (Å²) in [6.07, 6.45) is 0. The highest BCUT2D eigenvalue weighted by Crippen LogP contribution is 2.24. The smallest absolute Gasteiger partial charge is 0.107 e. The van der Waals surface area contributed by atoms with E-state index in [4.69, 9.17) is 4.98 Å². The summed E-state index contributed by atoms with van der Waals surface area (Å²) in [7, 11) is 0. The summed E-state index contributed by atoms with van der Waals surface area (Å²) in [6, 6.07) is 8.77. The van der Waals surface area contributed by atoms with E-state index in [1.54, 1.807) is 11.3 Å². The predicted octanol–water partition coefficient (Wildman–Crippen LogP) is 5.05. The van der Waals surface area contributed by atoms with Gasteiger partial charge < -0.3 is 5.32 Å². The molecule has 0 aliphatic carbocycles. The van der Waals surface area contributed by atoms with Gasteiger partial charge in [0.2, 0.25) is 0 Å². The zero-order valence-corrected chi connectivity index (χ0v) is 14.8. The van der Waals surface area contributed by atoms with Crippen molar-refractivity contribution in [1.29, 1.82) is 0 Å². The molecule has 0 saturated heterocycles. The van der Waals surface area contributed by atoms with Crippen LogP contribution in [0.4, 0.5) is 0 Å². The fourth-order valence-corrected chi connectivity index (χ4v) is 3.08. The summed E-state index contributed by atoms with van der Waals surface area (Å²) in [5.74, 6) is 0. The van der Waals surface area contributed by atoms with Gasteiger partial charge in [-0.25, -0.2) is 4.98 Å². The van der Waals surface area contributed by atoms with Crippen molar-refractivity contribution in [3.05, 3.63) is 50.4 Å². The van der Waals surface area contributed by atoms with E-state index in [2.05, 4.69) is 78.6 Å². The molecule has 0 spiro atoms. The normalized spacial score (nSPS) is 13.4. The van der Waals surface area contributed by atoms with E-state index >= 15 is 0 Å². The Morgan fingerprint density at radius 2 is 1.90 bits per heavy atom. The third kappa shape index (κ3) is 4.14. The van der Waals surface area contributed by atoms with Crippen LogP contribution >= 0.6 is 27.3 Å². The first-order valence-electron chi connectivity index (χ1n) is 6.80. The molecule has 0 aliphatic heterocycles. The number of hydrogen-bond donors (Lipinski definition) is 1. The van der Waals surface area contributed by atoms with Crippen LogP contribution in [-0.2, 0) is 12.0 Å². The topological polar surface area (TPSA) is 24.9 Å². The van der Waals surface area contributed by atoms with Gasteiger partial charge in [-0.1, -0.05) is 48.8 Å². The molecule has 0 saturated carbocycles.